The van der Waals surface area contributed by atoms with Crippen molar-refractivity contribution >= 4 is 11.8 Å². The quantitative estimate of drug-likeness (QED) is 0.862. The summed E-state index contributed by atoms with van der Waals surface area (Å²) in [5.74, 6) is -0.988. The zero-order chi connectivity index (χ0) is 13.8. The van der Waals surface area contributed by atoms with E-state index in [-0.39, 0.29) is 11.3 Å². The van der Waals surface area contributed by atoms with Crippen molar-refractivity contribution in [2.24, 2.45) is 0 Å². The number of hydrogen-bond donors (Lipinski definition) is 1. The molecule has 0 amide bonds. The first-order chi connectivity index (χ1) is 8.34. The smallest absolute Gasteiger partial charge is 0.383 e. The molecule has 0 radical (unpaired) electrons. The minimum atomic E-state index is -4.64. The van der Waals surface area contributed by atoms with Gasteiger partial charge in [0.2, 0.25) is 0 Å². The normalized spacial score (nSPS) is 13.1. The summed E-state index contributed by atoms with van der Waals surface area (Å²) >= 11 is 0.833. The molecule has 0 saturated heterocycles. The Bertz CT molecular complexity index is 455. The minimum Gasteiger partial charge on any atom is -0.383 e. The molecule has 98 valence electrons. The third kappa shape index (κ3) is 4.20. The van der Waals surface area contributed by atoms with Crippen LogP contribution in [-0.2, 0) is 5.75 Å². The molecule has 0 saturated carbocycles. The van der Waals surface area contributed by atoms with Gasteiger partial charge in [0.05, 0.1) is 11.6 Å². The highest BCUT2D eigenvalue weighted by atomic mass is 32.2. The molecule has 2 nitrogen and oxygen atoms in total. The summed E-state index contributed by atoms with van der Waals surface area (Å²) in [5, 5.41) is 17.5. The molecule has 0 aliphatic heterocycles. The zero-order valence-electron chi connectivity index (χ0n) is 9.04. The summed E-state index contributed by atoms with van der Waals surface area (Å²) in [5.41, 5.74) is 0.530. The molecule has 0 aliphatic rings. The van der Waals surface area contributed by atoms with Gasteiger partial charge in [-0.2, -0.15) is 30.2 Å². The fourth-order valence-corrected chi connectivity index (χ4v) is 2.16. The second-order valence-electron chi connectivity index (χ2n) is 3.49. The lowest BCUT2D eigenvalue weighted by Gasteiger charge is -2.13. The van der Waals surface area contributed by atoms with E-state index >= 15 is 0 Å². The van der Waals surface area contributed by atoms with Gasteiger partial charge in [-0.1, -0.05) is 6.07 Å². The van der Waals surface area contributed by atoms with Gasteiger partial charge in [0.1, 0.15) is 5.82 Å². The summed E-state index contributed by atoms with van der Waals surface area (Å²) in [6, 6.07) is 5.27. The molecule has 1 aromatic rings. The molecule has 0 spiro atoms. The number of rotatable bonds is 4. The first kappa shape index (κ1) is 14.8. The van der Waals surface area contributed by atoms with Crippen molar-refractivity contribution in [1.29, 1.82) is 5.26 Å². The lowest BCUT2D eigenvalue weighted by Crippen LogP contribution is -2.30. The number of hydrogen-bond acceptors (Lipinski definition) is 3. The monoisotopic (exact) mass is 279 g/mol. The molecule has 1 N–H and O–H groups in total. The van der Waals surface area contributed by atoms with Crippen LogP contribution in [0.25, 0.3) is 0 Å². The molecule has 18 heavy (non-hydrogen) atoms. The maximum atomic E-state index is 12.8. The Morgan fingerprint density at radius 3 is 2.61 bits per heavy atom. The van der Waals surface area contributed by atoms with Gasteiger partial charge in [0, 0.05) is 11.5 Å². The van der Waals surface area contributed by atoms with E-state index in [2.05, 4.69) is 0 Å². The topological polar surface area (TPSA) is 44.0 Å². The first-order valence-corrected chi connectivity index (χ1v) is 6.01. The van der Waals surface area contributed by atoms with E-state index in [0.717, 1.165) is 23.9 Å². The highest BCUT2D eigenvalue weighted by molar-refractivity contribution is 7.98. The van der Waals surface area contributed by atoms with Crippen LogP contribution < -0.4 is 0 Å². The van der Waals surface area contributed by atoms with E-state index in [1.165, 1.54) is 6.07 Å². The minimum absolute atomic E-state index is 0.0870. The molecule has 7 heteroatoms. The summed E-state index contributed by atoms with van der Waals surface area (Å²) in [6.07, 6.45) is -7.04. The second-order valence-corrected chi connectivity index (χ2v) is 4.52. The SMILES string of the molecule is N#Cc1cc(F)ccc1CSC[C@@H](O)C(F)(F)F. The molecule has 0 heterocycles. The molecule has 0 aliphatic carbocycles. The molecule has 1 atom stereocenters. The van der Waals surface area contributed by atoms with E-state index in [1.807, 2.05) is 0 Å². The van der Waals surface area contributed by atoms with Crippen LogP contribution in [0, 0.1) is 17.1 Å². The van der Waals surface area contributed by atoms with Crippen molar-refractivity contribution < 1.29 is 22.7 Å². The first-order valence-electron chi connectivity index (χ1n) is 4.85. The van der Waals surface area contributed by atoms with Crippen molar-refractivity contribution in [3.8, 4) is 6.07 Å². The lowest BCUT2D eigenvalue weighted by molar-refractivity contribution is -0.195. The van der Waals surface area contributed by atoms with Crippen LogP contribution in [-0.4, -0.2) is 23.1 Å². The average molecular weight is 279 g/mol. The number of benzene rings is 1. The van der Waals surface area contributed by atoms with Crippen molar-refractivity contribution in [2.45, 2.75) is 18.0 Å². The summed E-state index contributed by atoms with van der Waals surface area (Å²) in [6.45, 7) is 0. The van der Waals surface area contributed by atoms with Gasteiger partial charge in [-0.15, -0.1) is 0 Å². The molecule has 0 aromatic heterocycles. The van der Waals surface area contributed by atoms with Crippen molar-refractivity contribution in [2.75, 3.05) is 5.75 Å². The summed E-state index contributed by atoms with van der Waals surface area (Å²) in [4.78, 5) is 0. The molecular formula is C11H9F4NOS. The van der Waals surface area contributed by atoms with Gasteiger partial charge in [0.25, 0.3) is 0 Å². The summed E-state index contributed by atoms with van der Waals surface area (Å²) < 4.78 is 48.8. The third-order valence-corrected chi connectivity index (χ3v) is 3.17. The largest absolute Gasteiger partial charge is 0.415 e. The number of alkyl halides is 3. The Hall–Kier alpha value is -1.26. The van der Waals surface area contributed by atoms with Crippen LogP contribution in [0.1, 0.15) is 11.1 Å². The van der Waals surface area contributed by atoms with Crippen LogP contribution in [0.5, 0.6) is 0 Å². The maximum Gasteiger partial charge on any atom is 0.415 e. The molecule has 0 fully saturated rings. The zero-order valence-corrected chi connectivity index (χ0v) is 9.85. The fourth-order valence-electron chi connectivity index (χ4n) is 1.15. The van der Waals surface area contributed by atoms with Crippen LogP contribution >= 0.6 is 11.8 Å². The number of aliphatic hydroxyl groups is 1. The van der Waals surface area contributed by atoms with Crippen molar-refractivity contribution in [3.05, 3.63) is 35.1 Å². The van der Waals surface area contributed by atoms with Gasteiger partial charge in [0.15, 0.2) is 6.10 Å². The highest BCUT2D eigenvalue weighted by Crippen LogP contribution is 2.25. The molecule has 0 bridgehead atoms. The molecular weight excluding hydrogens is 270 g/mol. The number of halogens is 4. The molecule has 0 unspecified atom stereocenters. The van der Waals surface area contributed by atoms with Crippen LogP contribution in [0.4, 0.5) is 17.6 Å². The standard InChI is InChI=1S/C11H9F4NOS/c12-9-2-1-7(8(3-9)4-16)5-18-6-10(17)11(13,14)15/h1-3,10,17H,5-6H2/t10-/m1/s1. The van der Waals surface area contributed by atoms with E-state index in [0.29, 0.717) is 5.56 Å². The fraction of sp³-hybridized carbons (Fsp3) is 0.364. The predicted octanol–water partition coefficient (Wildman–Crippen LogP) is 2.85. The number of nitriles is 1. The average Bonchev–Trinajstić information content (AvgIpc) is 2.29. The van der Waals surface area contributed by atoms with E-state index < -0.39 is 23.9 Å². The summed E-state index contributed by atoms with van der Waals surface area (Å²) in [7, 11) is 0. The Morgan fingerprint density at radius 2 is 2.06 bits per heavy atom. The van der Waals surface area contributed by atoms with Crippen LogP contribution in [0.3, 0.4) is 0 Å². The van der Waals surface area contributed by atoms with Crippen molar-refractivity contribution in [1.82, 2.24) is 0 Å². The Kier molecular flexibility index (Phi) is 4.99. The third-order valence-electron chi connectivity index (χ3n) is 2.10. The maximum absolute atomic E-state index is 12.8. The van der Waals surface area contributed by atoms with Gasteiger partial charge in [-0.05, 0) is 17.7 Å². The van der Waals surface area contributed by atoms with E-state index in [1.54, 1.807) is 6.07 Å². The van der Waals surface area contributed by atoms with E-state index in [9.17, 15) is 17.6 Å². The van der Waals surface area contributed by atoms with Crippen molar-refractivity contribution in [3.63, 3.8) is 0 Å². The lowest BCUT2D eigenvalue weighted by atomic mass is 10.1. The Labute approximate surface area is 105 Å². The van der Waals surface area contributed by atoms with Gasteiger partial charge in [-0.3, -0.25) is 0 Å². The second kappa shape index (κ2) is 6.07. The van der Waals surface area contributed by atoms with Crippen LogP contribution in [0.2, 0.25) is 0 Å². The predicted molar refractivity (Wildman–Crippen MR) is 59.3 cm³/mol. The molecule has 1 rings (SSSR count). The number of aliphatic hydroxyl groups excluding tert-OH is 1. The number of thioether (sulfide) groups is 1. The highest BCUT2D eigenvalue weighted by Gasteiger charge is 2.37. The number of nitrogens with zero attached hydrogens (tertiary/aromatic N) is 1. The van der Waals surface area contributed by atoms with Gasteiger partial charge >= 0.3 is 6.18 Å². The Morgan fingerprint density at radius 1 is 1.39 bits per heavy atom. The van der Waals surface area contributed by atoms with Gasteiger partial charge < -0.3 is 5.11 Å². The Balaban J connectivity index is 2.58. The van der Waals surface area contributed by atoms with Crippen LogP contribution in [0.15, 0.2) is 18.2 Å². The van der Waals surface area contributed by atoms with Gasteiger partial charge in [-0.25, -0.2) is 4.39 Å². The molecule has 1 aromatic carbocycles. The van der Waals surface area contributed by atoms with E-state index in [4.69, 9.17) is 10.4 Å².